The van der Waals surface area contributed by atoms with Crippen molar-refractivity contribution in [2.24, 2.45) is 0 Å². The summed E-state index contributed by atoms with van der Waals surface area (Å²) in [6.07, 6.45) is 4.66. The zero-order valence-corrected chi connectivity index (χ0v) is 12.2. The molecule has 0 radical (unpaired) electrons. The first-order chi connectivity index (χ1) is 8.70. The summed E-state index contributed by atoms with van der Waals surface area (Å²) in [5.74, 6) is 0. The number of aromatic nitrogens is 1. The second-order valence-corrected chi connectivity index (χ2v) is 5.32. The van der Waals surface area contributed by atoms with Crippen LogP contribution in [0.4, 0.5) is 0 Å². The van der Waals surface area contributed by atoms with Gasteiger partial charge in [-0.15, -0.1) is 0 Å². The molecule has 1 aromatic carbocycles. The summed E-state index contributed by atoms with van der Waals surface area (Å²) in [6, 6.07) is 10.9. The summed E-state index contributed by atoms with van der Waals surface area (Å²) in [7, 11) is 2.01. The molecule has 1 aromatic heterocycles. The first kappa shape index (κ1) is 13.2. The summed E-state index contributed by atoms with van der Waals surface area (Å²) >= 11 is 3.51. The van der Waals surface area contributed by atoms with Crippen molar-refractivity contribution in [3.63, 3.8) is 0 Å². The van der Waals surface area contributed by atoms with E-state index in [0.717, 1.165) is 10.9 Å². The minimum absolute atomic E-state index is 0.334. The fourth-order valence-corrected chi connectivity index (χ4v) is 2.63. The third-order valence-electron chi connectivity index (χ3n) is 3.14. The van der Waals surface area contributed by atoms with Crippen LogP contribution in [0.3, 0.4) is 0 Å². The lowest BCUT2D eigenvalue weighted by Crippen LogP contribution is -2.19. The van der Waals surface area contributed by atoms with Crippen LogP contribution in [0.15, 0.2) is 47.2 Å². The molecule has 2 aromatic rings. The highest BCUT2D eigenvalue weighted by Crippen LogP contribution is 2.24. The highest BCUT2D eigenvalue weighted by molar-refractivity contribution is 9.10. The Morgan fingerprint density at radius 3 is 2.56 bits per heavy atom. The van der Waals surface area contributed by atoms with Gasteiger partial charge in [0.2, 0.25) is 0 Å². The molecule has 0 saturated heterocycles. The van der Waals surface area contributed by atoms with E-state index in [9.17, 15) is 0 Å². The number of likely N-dealkylation sites (N-methyl/N-ethyl adjacent to an activating group) is 1. The Balaban J connectivity index is 2.23. The number of benzene rings is 1. The molecule has 2 nitrogen and oxygen atoms in total. The van der Waals surface area contributed by atoms with Crippen LogP contribution in [0.5, 0.6) is 0 Å². The summed E-state index contributed by atoms with van der Waals surface area (Å²) in [4.78, 5) is 4.05. The van der Waals surface area contributed by atoms with E-state index in [4.69, 9.17) is 0 Å². The molecule has 1 unspecified atom stereocenters. The monoisotopic (exact) mass is 304 g/mol. The number of rotatable bonds is 4. The molecule has 0 amide bonds. The molecule has 18 heavy (non-hydrogen) atoms. The van der Waals surface area contributed by atoms with Crippen molar-refractivity contribution in [2.45, 2.75) is 19.4 Å². The largest absolute Gasteiger partial charge is 0.313 e. The number of pyridine rings is 1. The summed E-state index contributed by atoms with van der Waals surface area (Å²) in [5.41, 5.74) is 3.95. The molecular formula is C15H17BrN2. The molecule has 94 valence electrons. The third kappa shape index (κ3) is 3.18. The first-order valence-electron chi connectivity index (χ1n) is 6.03. The van der Waals surface area contributed by atoms with E-state index in [-0.39, 0.29) is 0 Å². The van der Waals surface area contributed by atoms with Gasteiger partial charge in [-0.1, -0.05) is 22.0 Å². The van der Waals surface area contributed by atoms with Gasteiger partial charge in [0.15, 0.2) is 0 Å². The quantitative estimate of drug-likeness (QED) is 0.932. The highest BCUT2D eigenvalue weighted by Gasteiger charge is 2.12. The van der Waals surface area contributed by atoms with Crippen LogP contribution < -0.4 is 5.32 Å². The molecule has 0 spiro atoms. The normalized spacial score (nSPS) is 12.4. The molecule has 2 rings (SSSR count). The molecule has 1 N–H and O–H groups in total. The van der Waals surface area contributed by atoms with Crippen molar-refractivity contribution in [3.8, 4) is 0 Å². The number of halogens is 1. The van der Waals surface area contributed by atoms with Crippen molar-refractivity contribution in [2.75, 3.05) is 7.05 Å². The van der Waals surface area contributed by atoms with Crippen molar-refractivity contribution in [3.05, 3.63) is 63.9 Å². The van der Waals surface area contributed by atoms with E-state index in [0.29, 0.717) is 6.04 Å². The second kappa shape index (κ2) is 6.12. The Morgan fingerprint density at radius 2 is 1.94 bits per heavy atom. The van der Waals surface area contributed by atoms with Crippen LogP contribution in [0.25, 0.3) is 0 Å². The van der Waals surface area contributed by atoms with E-state index in [2.05, 4.69) is 63.5 Å². The fourth-order valence-electron chi connectivity index (χ4n) is 2.15. The van der Waals surface area contributed by atoms with Gasteiger partial charge < -0.3 is 5.32 Å². The van der Waals surface area contributed by atoms with Gasteiger partial charge in [-0.2, -0.15) is 0 Å². The maximum atomic E-state index is 4.05. The van der Waals surface area contributed by atoms with E-state index in [1.54, 1.807) is 0 Å². The Kier molecular flexibility index (Phi) is 4.50. The molecule has 0 aliphatic rings. The maximum absolute atomic E-state index is 4.05. The van der Waals surface area contributed by atoms with Crippen molar-refractivity contribution < 1.29 is 0 Å². The molecule has 0 fully saturated rings. The van der Waals surface area contributed by atoms with Gasteiger partial charge in [0.25, 0.3) is 0 Å². The summed E-state index contributed by atoms with van der Waals surface area (Å²) in [6.45, 7) is 2.15. The van der Waals surface area contributed by atoms with E-state index >= 15 is 0 Å². The number of hydrogen-bond acceptors (Lipinski definition) is 2. The maximum Gasteiger partial charge on any atom is 0.0361 e. The SMILES string of the molecule is CNC(Cc1ccncc1)c1ccc(Br)cc1C. The molecule has 0 aliphatic heterocycles. The lowest BCUT2D eigenvalue weighted by atomic mass is 9.96. The number of aryl methyl sites for hydroxylation is 1. The zero-order chi connectivity index (χ0) is 13.0. The first-order valence-corrected chi connectivity index (χ1v) is 6.82. The predicted octanol–water partition coefficient (Wildman–Crippen LogP) is 3.66. The lowest BCUT2D eigenvalue weighted by Gasteiger charge is -2.19. The van der Waals surface area contributed by atoms with Gasteiger partial charge in [0, 0.05) is 22.9 Å². The van der Waals surface area contributed by atoms with Gasteiger partial charge >= 0.3 is 0 Å². The van der Waals surface area contributed by atoms with Crippen LogP contribution in [0.1, 0.15) is 22.7 Å². The Morgan fingerprint density at radius 1 is 1.22 bits per heavy atom. The van der Waals surface area contributed by atoms with Crippen LogP contribution in [-0.2, 0) is 6.42 Å². The van der Waals surface area contributed by atoms with Gasteiger partial charge in [-0.25, -0.2) is 0 Å². The molecule has 1 heterocycles. The Bertz CT molecular complexity index is 511. The van der Waals surface area contributed by atoms with Gasteiger partial charge in [-0.3, -0.25) is 4.98 Å². The topological polar surface area (TPSA) is 24.9 Å². The molecule has 0 bridgehead atoms. The fraction of sp³-hybridized carbons (Fsp3) is 0.267. The predicted molar refractivity (Wildman–Crippen MR) is 78.6 cm³/mol. The van der Waals surface area contributed by atoms with E-state index in [1.807, 2.05) is 19.4 Å². The Labute approximate surface area is 117 Å². The van der Waals surface area contributed by atoms with Crippen LogP contribution in [0.2, 0.25) is 0 Å². The standard InChI is InChI=1S/C15H17BrN2/c1-11-9-13(16)3-4-14(11)15(17-2)10-12-5-7-18-8-6-12/h3-9,15,17H,10H2,1-2H3. The molecule has 0 saturated carbocycles. The van der Waals surface area contributed by atoms with Gasteiger partial charge in [-0.05, 0) is 61.3 Å². The molecule has 1 atom stereocenters. The average molecular weight is 305 g/mol. The minimum Gasteiger partial charge on any atom is -0.313 e. The molecular weight excluding hydrogens is 288 g/mol. The zero-order valence-electron chi connectivity index (χ0n) is 10.7. The van der Waals surface area contributed by atoms with Crippen molar-refractivity contribution in [1.82, 2.24) is 10.3 Å². The van der Waals surface area contributed by atoms with Gasteiger partial charge in [0.1, 0.15) is 0 Å². The van der Waals surface area contributed by atoms with Crippen LogP contribution in [0, 0.1) is 6.92 Å². The van der Waals surface area contributed by atoms with Crippen molar-refractivity contribution >= 4 is 15.9 Å². The van der Waals surface area contributed by atoms with Crippen molar-refractivity contribution in [1.29, 1.82) is 0 Å². The van der Waals surface area contributed by atoms with Gasteiger partial charge in [0.05, 0.1) is 0 Å². The van der Waals surface area contributed by atoms with Crippen LogP contribution >= 0.6 is 15.9 Å². The van der Waals surface area contributed by atoms with E-state index in [1.165, 1.54) is 16.7 Å². The minimum atomic E-state index is 0.334. The van der Waals surface area contributed by atoms with Crippen LogP contribution in [-0.4, -0.2) is 12.0 Å². The van der Waals surface area contributed by atoms with E-state index < -0.39 is 0 Å². The second-order valence-electron chi connectivity index (χ2n) is 4.40. The number of hydrogen-bond donors (Lipinski definition) is 1. The third-order valence-corrected chi connectivity index (χ3v) is 3.64. The molecule has 0 aliphatic carbocycles. The lowest BCUT2D eigenvalue weighted by molar-refractivity contribution is 0.588. The number of nitrogens with one attached hydrogen (secondary N) is 1. The Hall–Kier alpha value is -1.19. The average Bonchev–Trinajstić information content (AvgIpc) is 2.38. The summed E-state index contributed by atoms with van der Waals surface area (Å²) in [5, 5.41) is 3.39. The molecule has 3 heteroatoms. The number of nitrogens with zero attached hydrogens (tertiary/aromatic N) is 1. The smallest absolute Gasteiger partial charge is 0.0361 e. The summed E-state index contributed by atoms with van der Waals surface area (Å²) < 4.78 is 1.13. The highest BCUT2D eigenvalue weighted by atomic mass is 79.9.